The van der Waals surface area contributed by atoms with E-state index in [1.807, 2.05) is 11.8 Å². The molecule has 4 rings (SSSR count). The molecule has 2 aromatic rings. The molecule has 1 heterocycles. The summed E-state index contributed by atoms with van der Waals surface area (Å²) in [5.74, 6) is 0.571. The third-order valence-corrected chi connectivity index (χ3v) is 5.13. The maximum atomic E-state index is 2.31. The summed E-state index contributed by atoms with van der Waals surface area (Å²) in [5, 5.41) is 0. The van der Waals surface area contributed by atoms with Crippen LogP contribution in [0.5, 0.6) is 0 Å². The minimum atomic E-state index is 0.571. The van der Waals surface area contributed by atoms with Gasteiger partial charge in [-0.25, -0.2) is 0 Å². The molecule has 0 saturated carbocycles. The van der Waals surface area contributed by atoms with E-state index < -0.39 is 0 Å². The number of rotatable bonds is 1. The van der Waals surface area contributed by atoms with Gasteiger partial charge in [-0.3, -0.25) is 0 Å². The zero-order valence-electron chi connectivity index (χ0n) is 10.5. The van der Waals surface area contributed by atoms with Crippen LogP contribution in [0.2, 0.25) is 0 Å². The Balaban J connectivity index is 1.73. The minimum absolute atomic E-state index is 0.571. The Kier molecular flexibility index (Phi) is 2.59. The van der Waals surface area contributed by atoms with Crippen LogP contribution in [0.4, 0.5) is 0 Å². The van der Waals surface area contributed by atoms with Crippen LogP contribution in [0.3, 0.4) is 0 Å². The number of hydrogen-bond acceptors (Lipinski definition) is 1. The summed E-state index contributed by atoms with van der Waals surface area (Å²) >= 11 is 1.93. The maximum Gasteiger partial charge on any atom is 0.0205 e. The Labute approximate surface area is 117 Å². The van der Waals surface area contributed by atoms with Crippen LogP contribution in [0, 0.1) is 0 Å². The molecule has 92 valence electrons. The van der Waals surface area contributed by atoms with Gasteiger partial charge in [0.1, 0.15) is 0 Å². The first-order valence-corrected chi connectivity index (χ1v) is 7.46. The highest BCUT2D eigenvalue weighted by atomic mass is 32.2. The molecule has 2 aliphatic rings. The largest absolute Gasteiger partial charge is 0.0936 e. The molecule has 1 aliphatic carbocycles. The Morgan fingerprint density at radius 2 is 1.63 bits per heavy atom. The zero-order chi connectivity index (χ0) is 12.7. The molecule has 1 unspecified atom stereocenters. The van der Waals surface area contributed by atoms with Gasteiger partial charge in [-0.1, -0.05) is 72.4 Å². The molecular weight excluding hydrogens is 248 g/mol. The lowest BCUT2D eigenvalue weighted by molar-refractivity contribution is 0.850. The van der Waals surface area contributed by atoms with Crippen LogP contribution in [0.15, 0.2) is 76.5 Å². The first kappa shape index (κ1) is 11.1. The van der Waals surface area contributed by atoms with Crippen LogP contribution < -0.4 is 0 Å². The molecule has 1 atom stereocenters. The molecule has 0 radical (unpaired) electrons. The smallest absolute Gasteiger partial charge is 0.0205 e. The Morgan fingerprint density at radius 3 is 2.53 bits per heavy atom. The van der Waals surface area contributed by atoms with E-state index in [2.05, 4.69) is 66.7 Å². The van der Waals surface area contributed by atoms with E-state index in [9.17, 15) is 0 Å². The Hall–Kier alpha value is -1.73. The number of thioether (sulfide) groups is 1. The first-order valence-electron chi connectivity index (χ1n) is 6.65. The average Bonchev–Trinajstić information content (AvgIpc) is 2.86. The highest BCUT2D eigenvalue weighted by molar-refractivity contribution is 8.03. The lowest BCUT2D eigenvalue weighted by atomic mass is 9.85. The predicted molar refractivity (Wildman–Crippen MR) is 82.2 cm³/mol. The number of benzene rings is 2. The number of fused-ring (bicyclic) bond motifs is 3. The molecule has 0 aromatic heterocycles. The first-order chi connectivity index (χ1) is 9.42. The van der Waals surface area contributed by atoms with Gasteiger partial charge in [0.25, 0.3) is 0 Å². The molecule has 0 fully saturated rings. The standard InChI is InChI=1S/C18H14S/c1-2-6-13(7-3-1)14-10-11-18-16(12-14)15-8-4-5-9-17(15)19-18/h1-11,16H,12H2. The summed E-state index contributed by atoms with van der Waals surface area (Å²) in [6, 6.07) is 19.5. The molecule has 0 nitrogen and oxygen atoms in total. The molecule has 0 saturated heterocycles. The third-order valence-electron chi connectivity index (χ3n) is 3.88. The molecule has 0 bridgehead atoms. The molecule has 0 spiro atoms. The van der Waals surface area contributed by atoms with Crippen molar-refractivity contribution in [3.8, 4) is 0 Å². The van der Waals surface area contributed by atoms with Gasteiger partial charge in [-0.15, -0.1) is 0 Å². The van der Waals surface area contributed by atoms with Gasteiger partial charge < -0.3 is 0 Å². The second kappa shape index (κ2) is 4.43. The summed E-state index contributed by atoms with van der Waals surface area (Å²) < 4.78 is 0. The summed E-state index contributed by atoms with van der Waals surface area (Å²) in [5.41, 5.74) is 4.30. The van der Waals surface area contributed by atoms with Gasteiger partial charge in [-0.2, -0.15) is 0 Å². The Bertz CT molecular complexity index is 680. The molecule has 2 aromatic carbocycles. The van der Waals surface area contributed by atoms with Crippen molar-refractivity contribution >= 4 is 17.3 Å². The van der Waals surface area contributed by atoms with Crippen molar-refractivity contribution in [2.75, 3.05) is 0 Å². The van der Waals surface area contributed by atoms with E-state index >= 15 is 0 Å². The van der Waals surface area contributed by atoms with Crippen molar-refractivity contribution < 1.29 is 0 Å². The van der Waals surface area contributed by atoms with Gasteiger partial charge >= 0.3 is 0 Å². The fraction of sp³-hybridized carbons (Fsp3) is 0.111. The van der Waals surface area contributed by atoms with Gasteiger partial charge in [0.05, 0.1) is 0 Å². The second-order valence-corrected chi connectivity index (χ2v) is 6.14. The van der Waals surface area contributed by atoms with E-state index in [4.69, 9.17) is 0 Å². The normalized spacial score (nSPS) is 20.3. The summed E-state index contributed by atoms with van der Waals surface area (Å²) in [6.07, 6.45) is 5.72. The average molecular weight is 262 g/mol. The molecule has 0 amide bonds. The monoisotopic (exact) mass is 262 g/mol. The predicted octanol–water partition coefficient (Wildman–Crippen LogP) is 5.25. The van der Waals surface area contributed by atoms with E-state index in [1.54, 1.807) is 0 Å². The van der Waals surface area contributed by atoms with Gasteiger partial charge in [0.15, 0.2) is 0 Å². The number of hydrogen-bond donors (Lipinski definition) is 0. The van der Waals surface area contributed by atoms with E-state index in [0.29, 0.717) is 5.92 Å². The van der Waals surface area contributed by atoms with Gasteiger partial charge in [0.2, 0.25) is 0 Å². The lowest BCUT2D eigenvalue weighted by Gasteiger charge is -2.19. The molecule has 1 aliphatic heterocycles. The van der Waals surface area contributed by atoms with Crippen LogP contribution in [-0.4, -0.2) is 0 Å². The molecular formula is C18H14S. The second-order valence-electron chi connectivity index (χ2n) is 5.02. The fourth-order valence-electron chi connectivity index (χ4n) is 2.91. The van der Waals surface area contributed by atoms with Crippen molar-refractivity contribution in [1.29, 1.82) is 0 Å². The van der Waals surface area contributed by atoms with Crippen LogP contribution >= 0.6 is 11.8 Å². The SMILES string of the molecule is C1=C(c2ccccc2)CC2C(=C1)Sc1ccccc12. The highest BCUT2D eigenvalue weighted by Gasteiger charge is 2.30. The number of allylic oxidation sites excluding steroid dienone is 4. The van der Waals surface area contributed by atoms with E-state index in [0.717, 1.165) is 6.42 Å². The van der Waals surface area contributed by atoms with Crippen LogP contribution in [0.25, 0.3) is 5.57 Å². The molecule has 0 N–H and O–H groups in total. The van der Waals surface area contributed by atoms with Crippen molar-refractivity contribution in [1.82, 2.24) is 0 Å². The van der Waals surface area contributed by atoms with E-state index in [-0.39, 0.29) is 0 Å². The summed E-state index contributed by atoms with van der Waals surface area (Å²) in [6.45, 7) is 0. The Morgan fingerprint density at radius 1 is 0.842 bits per heavy atom. The van der Waals surface area contributed by atoms with Crippen molar-refractivity contribution in [3.63, 3.8) is 0 Å². The fourth-order valence-corrected chi connectivity index (χ4v) is 4.13. The lowest BCUT2D eigenvalue weighted by Crippen LogP contribution is -2.01. The van der Waals surface area contributed by atoms with Gasteiger partial charge in [0, 0.05) is 10.8 Å². The minimum Gasteiger partial charge on any atom is -0.0936 e. The molecule has 1 heteroatoms. The van der Waals surface area contributed by atoms with Crippen LogP contribution in [0.1, 0.15) is 23.5 Å². The zero-order valence-corrected chi connectivity index (χ0v) is 11.4. The van der Waals surface area contributed by atoms with Crippen molar-refractivity contribution in [2.45, 2.75) is 17.2 Å². The maximum absolute atomic E-state index is 2.31. The van der Waals surface area contributed by atoms with Crippen LogP contribution in [-0.2, 0) is 0 Å². The highest BCUT2D eigenvalue weighted by Crippen LogP contribution is 2.53. The van der Waals surface area contributed by atoms with Crippen molar-refractivity contribution in [2.24, 2.45) is 0 Å². The topological polar surface area (TPSA) is 0 Å². The summed E-state index contributed by atoms with van der Waals surface area (Å²) in [7, 11) is 0. The van der Waals surface area contributed by atoms with Gasteiger partial charge in [-0.05, 0) is 34.1 Å². The quantitative estimate of drug-likeness (QED) is 0.676. The summed E-state index contributed by atoms with van der Waals surface area (Å²) in [4.78, 5) is 2.93. The van der Waals surface area contributed by atoms with E-state index in [1.165, 1.54) is 26.5 Å². The molecule has 19 heavy (non-hydrogen) atoms. The third kappa shape index (κ3) is 1.85. The van der Waals surface area contributed by atoms with Crippen molar-refractivity contribution in [3.05, 3.63) is 82.8 Å².